The van der Waals surface area contributed by atoms with Gasteiger partial charge in [-0.05, 0) is 42.9 Å². The van der Waals surface area contributed by atoms with E-state index in [9.17, 15) is 0 Å². The normalized spacial score (nSPS) is 17.3. The highest BCUT2D eigenvalue weighted by Crippen LogP contribution is 2.31. The summed E-state index contributed by atoms with van der Waals surface area (Å²) in [6.45, 7) is 27.4. The average Bonchev–Trinajstić information content (AvgIpc) is 2.51. The molecule has 1 unspecified atom stereocenters. The van der Waals surface area contributed by atoms with Crippen LogP contribution in [0.3, 0.4) is 0 Å². The van der Waals surface area contributed by atoms with E-state index in [0.717, 1.165) is 6.42 Å². The third kappa shape index (κ3) is 13.2. The van der Waals surface area contributed by atoms with Gasteiger partial charge in [-0.1, -0.05) is 77.8 Å². The largest absolute Gasteiger partial charge is 0.106 e. The van der Waals surface area contributed by atoms with Crippen LogP contribution in [0, 0.1) is 5.92 Å². The Morgan fingerprint density at radius 1 is 1.14 bits per heavy atom. The SMILES string of the molecule is C.C=C.C=CC.C=CC1=C/C(=C/C=C\C)C(=C)CC1C.CC. The summed E-state index contributed by atoms with van der Waals surface area (Å²) in [6, 6.07) is 0. The highest BCUT2D eigenvalue weighted by Gasteiger charge is 2.15. The number of hydrogen-bond acceptors (Lipinski definition) is 0. The molecular weight excluding hydrogens is 264 g/mol. The second-order valence-corrected chi connectivity index (χ2v) is 4.11. The van der Waals surface area contributed by atoms with Crippen molar-refractivity contribution in [2.75, 3.05) is 0 Å². The van der Waals surface area contributed by atoms with Gasteiger partial charge in [0.2, 0.25) is 0 Å². The van der Waals surface area contributed by atoms with E-state index in [-0.39, 0.29) is 7.43 Å². The lowest BCUT2D eigenvalue weighted by Crippen LogP contribution is -2.06. The lowest BCUT2D eigenvalue weighted by molar-refractivity contribution is 0.680. The van der Waals surface area contributed by atoms with Crippen LogP contribution in [-0.4, -0.2) is 0 Å². The first-order chi connectivity index (χ1) is 10.1. The Hall–Kier alpha value is -1.82. The van der Waals surface area contributed by atoms with Crippen LogP contribution in [0.15, 0.2) is 86.1 Å². The van der Waals surface area contributed by atoms with Gasteiger partial charge in [-0.2, -0.15) is 0 Å². The van der Waals surface area contributed by atoms with Gasteiger partial charge in [0.25, 0.3) is 0 Å². The molecule has 0 radical (unpaired) electrons. The van der Waals surface area contributed by atoms with Gasteiger partial charge < -0.3 is 0 Å². The van der Waals surface area contributed by atoms with E-state index < -0.39 is 0 Å². The van der Waals surface area contributed by atoms with Crippen molar-refractivity contribution in [1.29, 1.82) is 0 Å². The van der Waals surface area contributed by atoms with Crippen LogP contribution < -0.4 is 0 Å². The van der Waals surface area contributed by atoms with E-state index in [2.05, 4.69) is 52.0 Å². The zero-order chi connectivity index (χ0) is 17.3. The zero-order valence-corrected chi connectivity index (χ0v) is 14.8. The maximum atomic E-state index is 4.09. The fourth-order valence-corrected chi connectivity index (χ4v) is 1.66. The first-order valence-electron chi connectivity index (χ1n) is 7.52. The van der Waals surface area contributed by atoms with Crippen molar-refractivity contribution in [1.82, 2.24) is 0 Å². The Labute approximate surface area is 141 Å². The molecule has 0 amide bonds. The van der Waals surface area contributed by atoms with Crippen LogP contribution in [0.5, 0.6) is 0 Å². The molecule has 0 aromatic carbocycles. The summed E-state index contributed by atoms with van der Waals surface area (Å²) >= 11 is 0. The number of hydrogen-bond donors (Lipinski definition) is 0. The smallest absolute Gasteiger partial charge is 0.0150 e. The fraction of sp³-hybridized carbons (Fsp3) is 0.364. The minimum Gasteiger partial charge on any atom is -0.106 e. The van der Waals surface area contributed by atoms with E-state index in [1.807, 2.05) is 45.9 Å². The lowest BCUT2D eigenvalue weighted by Gasteiger charge is -2.21. The average molecular weight is 303 g/mol. The molecule has 0 saturated carbocycles. The predicted octanol–water partition coefficient (Wildman–Crippen LogP) is 7.85. The van der Waals surface area contributed by atoms with Crippen molar-refractivity contribution in [3.8, 4) is 0 Å². The maximum absolute atomic E-state index is 4.09. The minimum absolute atomic E-state index is 0. The molecule has 0 aromatic heterocycles. The molecule has 0 N–H and O–H groups in total. The summed E-state index contributed by atoms with van der Waals surface area (Å²) in [5.74, 6) is 0.558. The van der Waals surface area contributed by atoms with E-state index in [1.165, 1.54) is 16.7 Å². The standard InChI is InChI=1S/C14H18.C3H6.C2H6.C2H4.CH4/c1-5-7-8-14-10-13(6-2)11(3)9-12(14)4;1-3-2;2*1-2;/h5-8,10-11H,2,4,9H2,1,3H3;3H,1H2,2H3;1-2H3;1-2H2;1H4/b7-5-,14-8-;;;;. The van der Waals surface area contributed by atoms with Gasteiger partial charge in [0.15, 0.2) is 0 Å². The minimum atomic E-state index is 0. The summed E-state index contributed by atoms with van der Waals surface area (Å²) in [5.41, 5.74) is 3.77. The molecule has 0 nitrogen and oxygen atoms in total. The van der Waals surface area contributed by atoms with Crippen molar-refractivity contribution in [3.05, 3.63) is 86.1 Å². The topological polar surface area (TPSA) is 0 Å². The molecule has 0 fully saturated rings. The lowest BCUT2D eigenvalue weighted by atomic mass is 9.83. The first-order valence-corrected chi connectivity index (χ1v) is 7.52. The Morgan fingerprint density at radius 2 is 1.59 bits per heavy atom. The molecule has 1 rings (SSSR count). The van der Waals surface area contributed by atoms with Crippen LogP contribution >= 0.6 is 0 Å². The van der Waals surface area contributed by atoms with Crippen molar-refractivity contribution in [3.63, 3.8) is 0 Å². The molecule has 126 valence electrons. The summed E-state index contributed by atoms with van der Waals surface area (Å²) < 4.78 is 0. The van der Waals surface area contributed by atoms with Crippen molar-refractivity contribution in [2.24, 2.45) is 5.92 Å². The van der Waals surface area contributed by atoms with Gasteiger partial charge in [-0.25, -0.2) is 0 Å². The van der Waals surface area contributed by atoms with E-state index in [0.29, 0.717) is 5.92 Å². The Morgan fingerprint density at radius 3 is 1.95 bits per heavy atom. The monoisotopic (exact) mass is 302 g/mol. The van der Waals surface area contributed by atoms with Gasteiger partial charge in [-0.3, -0.25) is 0 Å². The highest BCUT2D eigenvalue weighted by molar-refractivity contribution is 5.48. The molecule has 1 aliphatic rings. The van der Waals surface area contributed by atoms with Crippen LogP contribution in [-0.2, 0) is 0 Å². The van der Waals surface area contributed by atoms with Crippen molar-refractivity contribution in [2.45, 2.75) is 48.5 Å². The predicted molar refractivity (Wildman–Crippen MR) is 109 cm³/mol. The summed E-state index contributed by atoms with van der Waals surface area (Å²) in [5, 5.41) is 0. The van der Waals surface area contributed by atoms with Crippen molar-refractivity contribution < 1.29 is 0 Å². The number of rotatable bonds is 2. The van der Waals surface area contributed by atoms with Gasteiger partial charge in [0, 0.05) is 0 Å². The molecule has 0 saturated heterocycles. The maximum Gasteiger partial charge on any atom is -0.0150 e. The Kier molecular flexibility index (Phi) is 27.7. The van der Waals surface area contributed by atoms with Crippen LogP contribution in [0.2, 0.25) is 0 Å². The Balaban J connectivity index is -0.000000176. The van der Waals surface area contributed by atoms with Gasteiger partial charge in [-0.15, -0.1) is 19.7 Å². The van der Waals surface area contributed by atoms with Gasteiger partial charge >= 0.3 is 0 Å². The molecular formula is C22H38. The quantitative estimate of drug-likeness (QED) is 0.455. The van der Waals surface area contributed by atoms with E-state index >= 15 is 0 Å². The summed E-state index contributed by atoms with van der Waals surface area (Å²) in [4.78, 5) is 0. The van der Waals surface area contributed by atoms with E-state index in [1.54, 1.807) is 6.08 Å². The van der Waals surface area contributed by atoms with Gasteiger partial charge in [0.1, 0.15) is 0 Å². The third-order valence-corrected chi connectivity index (χ3v) is 2.56. The molecule has 0 spiro atoms. The summed E-state index contributed by atoms with van der Waals surface area (Å²) in [7, 11) is 0. The van der Waals surface area contributed by atoms with Gasteiger partial charge in [0.05, 0.1) is 0 Å². The Bertz CT molecular complexity index is 375. The number of allylic oxidation sites excluding steroid dienone is 9. The molecule has 0 heteroatoms. The molecule has 0 bridgehead atoms. The molecule has 0 heterocycles. The highest BCUT2D eigenvalue weighted by atomic mass is 14.2. The summed E-state index contributed by atoms with van der Waals surface area (Å²) in [6.07, 6.45) is 13.1. The fourth-order valence-electron chi connectivity index (χ4n) is 1.66. The first kappa shape index (κ1) is 28.4. The molecule has 1 aliphatic carbocycles. The van der Waals surface area contributed by atoms with E-state index in [4.69, 9.17) is 0 Å². The molecule has 0 aliphatic heterocycles. The zero-order valence-electron chi connectivity index (χ0n) is 14.8. The molecule has 22 heavy (non-hydrogen) atoms. The molecule has 0 aromatic rings. The molecule has 1 atom stereocenters. The van der Waals surface area contributed by atoms with Crippen molar-refractivity contribution >= 4 is 0 Å². The van der Waals surface area contributed by atoms with Crippen LogP contribution in [0.1, 0.15) is 48.5 Å². The second-order valence-electron chi connectivity index (χ2n) is 4.11. The van der Waals surface area contributed by atoms with Crippen LogP contribution in [0.25, 0.3) is 0 Å². The second kappa shape index (κ2) is 21.5. The third-order valence-electron chi connectivity index (χ3n) is 2.56. The van der Waals surface area contributed by atoms with Crippen LogP contribution in [0.4, 0.5) is 0 Å².